The molecule has 0 aliphatic rings. The van der Waals surface area contributed by atoms with Gasteiger partial charge in [-0.05, 0) is 18.4 Å². The molecule has 96 valence electrons. The molecule has 0 radical (unpaired) electrons. The Hall–Kier alpha value is -2.53. The third-order valence-electron chi connectivity index (χ3n) is 2.35. The number of nitrogens with zero attached hydrogens (tertiary/aromatic N) is 3. The molecule has 0 aliphatic heterocycles. The van der Waals surface area contributed by atoms with Crippen LogP contribution >= 0.6 is 11.8 Å². The molecule has 2 aromatic rings. The Morgan fingerprint density at radius 1 is 1.63 bits per heavy atom. The third kappa shape index (κ3) is 2.66. The molecule has 0 saturated carbocycles. The van der Waals surface area contributed by atoms with Crippen LogP contribution in [0.4, 0.5) is 5.69 Å². The Kier molecular flexibility index (Phi) is 3.68. The summed E-state index contributed by atoms with van der Waals surface area (Å²) in [7, 11) is 0. The van der Waals surface area contributed by atoms with Crippen molar-refractivity contribution in [1.29, 1.82) is 5.26 Å². The molecule has 8 heteroatoms. The molecule has 0 unspecified atom stereocenters. The first-order valence-electron chi connectivity index (χ1n) is 5.14. The van der Waals surface area contributed by atoms with E-state index in [0.717, 1.165) is 0 Å². The van der Waals surface area contributed by atoms with Gasteiger partial charge in [0, 0.05) is 0 Å². The van der Waals surface area contributed by atoms with E-state index >= 15 is 0 Å². The first-order valence-corrected chi connectivity index (χ1v) is 6.36. The van der Waals surface area contributed by atoms with Gasteiger partial charge in [-0.2, -0.15) is 5.26 Å². The zero-order chi connectivity index (χ0) is 13.8. The Labute approximate surface area is 112 Å². The number of carboxylic acid groups (broad SMARTS) is 1. The lowest BCUT2D eigenvalue weighted by atomic mass is 10.1. The molecule has 0 bridgehead atoms. The fourth-order valence-electron chi connectivity index (χ4n) is 1.52. The summed E-state index contributed by atoms with van der Waals surface area (Å²) in [6.07, 6.45) is 4.96. The summed E-state index contributed by atoms with van der Waals surface area (Å²) in [6, 6.07) is 3.03. The highest BCUT2D eigenvalue weighted by atomic mass is 32.2. The van der Waals surface area contributed by atoms with E-state index in [4.69, 9.17) is 5.26 Å². The van der Waals surface area contributed by atoms with Gasteiger partial charge in [0.2, 0.25) is 0 Å². The number of hydrogen-bond acceptors (Lipinski definition) is 5. The second-order valence-corrected chi connectivity index (χ2v) is 4.25. The highest BCUT2D eigenvalue weighted by Gasteiger charge is 2.13. The number of aromatic nitrogens is 2. The van der Waals surface area contributed by atoms with E-state index in [1.807, 2.05) is 0 Å². The molecule has 1 heterocycles. The van der Waals surface area contributed by atoms with Gasteiger partial charge in [-0.1, -0.05) is 11.8 Å². The molecular weight excluding hydrogens is 266 g/mol. The predicted molar refractivity (Wildman–Crippen MR) is 72.4 cm³/mol. The number of carbonyl (C=O) groups is 1. The first kappa shape index (κ1) is 12.9. The van der Waals surface area contributed by atoms with Crippen LogP contribution in [0, 0.1) is 11.5 Å². The third-order valence-corrected chi connectivity index (χ3v) is 2.93. The molecule has 1 aromatic carbocycles. The van der Waals surface area contributed by atoms with E-state index < -0.39 is 5.97 Å². The number of H-pyrrole nitrogens is 1. The standard InChI is InChI=1S/C11H9N5O2S/c1-19-11(13-4-12)16-7-3-9-8(14-5-15-9)2-6(7)10(17)18/h2-3,5H,1H3,(H,13,16)(H,14,15)(H,17,18). The number of rotatable bonds is 2. The number of nitrogens with one attached hydrogen (secondary N) is 2. The van der Waals surface area contributed by atoms with Gasteiger partial charge in [0.1, 0.15) is 0 Å². The maximum atomic E-state index is 11.2. The number of aromatic carboxylic acids is 1. The second-order valence-electron chi connectivity index (χ2n) is 3.45. The number of fused-ring (bicyclic) bond motifs is 1. The van der Waals surface area contributed by atoms with Crippen LogP contribution < -0.4 is 5.32 Å². The maximum absolute atomic E-state index is 11.2. The van der Waals surface area contributed by atoms with E-state index in [2.05, 4.69) is 20.3 Å². The van der Waals surface area contributed by atoms with Crippen LogP contribution in [0.3, 0.4) is 0 Å². The number of thioether (sulfide) groups is 1. The summed E-state index contributed by atoms with van der Waals surface area (Å²) in [4.78, 5) is 22.2. The second kappa shape index (κ2) is 5.41. The Bertz CT molecular complexity index is 701. The molecule has 1 aromatic heterocycles. The largest absolute Gasteiger partial charge is 0.478 e. The van der Waals surface area contributed by atoms with E-state index in [9.17, 15) is 9.90 Å². The minimum absolute atomic E-state index is 0.0445. The number of nitriles is 1. The summed E-state index contributed by atoms with van der Waals surface area (Å²) in [6.45, 7) is 0. The lowest BCUT2D eigenvalue weighted by molar-refractivity contribution is 0.0698. The van der Waals surface area contributed by atoms with E-state index in [1.54, 1.807) is 18.5 Å². The van der Waals surface area contributed by atoms with Crippen LogP contribution in [0.1, 0.15) is 10.4 Å². The molecule has 0 amide bonds. The van der Waals surface area contributed by atoms with Gasteiger partial charge in [-0.3, -0.25) is 5.32 Å². The van der Waals surface area contributed by atoms with Crippen molar-refractivity contribution in [2.45, 2.75) is 0 Å². The van der Waals surface area contributed by atoms with Crippen LogP contribution in [0.25, 0.3) is 11.0 Å². The average molecular weight is 275 g/mol. The van der Waals surface area contributed by atoms with Crippen LogP contribution in [0.2, 0.25) is 0 Å². The van der Waals surface area contributed by atoms with Gasteiger partial charge in [0.15, 0.2) is 11.4 Å². The summed E-state index contributed by atoms with van der Waals surface area (Å²) in [5, 5.41) is 20.5. The highest BCUT2D eigenvalue weighted by Crippen LogP contribution is 2.25. The molecule has 2 rings (SSSR count). The summed E-state index contributed by atoms with van der Waals surface area (Å²) in [5.74, 6) is -1.09. The average Bonchev–Trinajstić information content (AvgIpc) is 2.84. The van der Waals surface area contributed by atoms with Crippen molar-refractivity contribution in [2.24, 2.45) is 4.99 Å². The molecule has 0 spiro atoms. The van der Waals surface area contributed by atoms with E-state index in [-0.39, 0.29) is 11.3 Å². The highest BCUT2D eigenvalue weighted by molar-refractivity contribution is 8.13. The molecule has 7 nitrogen and oxygen atoms in total. The molecule has 3 N–H and O–H groups in total. The molecule has 19 heavy (non-hydrogen) atoms. The van der Waals surface area contributed by atoms with Crippen molar-refractivity contribution in [3.05, 3.63) is 24.0 Å². The SMILES string of the molecule is CSC(=Nc1cc2nc[nH]c2cc1C(=O)O)NC#N. The van der Waals surface area contributed by atoms with Crippen molar-refractivity contribution >= 4 is 39.6 Å². The summed E-state index contributed by atoms with van der Waals surface area (Å²) >= 11 is 1.21. The van der Waals surface area contributed by atoms with Crippen molar-refractivity contribution in [3.8, 4) is 6.19 Å². The van der Waals surface area contributed by atoms with Crippen LogP contribution in [-0.4, -0.2) is 32.5 Å². The van der Waals surface area contributed by atoms with Gasteiger partial charge in [0.05, 0.1) is 28.6 Å². The minimum Gasteiger partial charge on any atom is -0.478 e. The van der Waals surface area contributed by atoms with Crippen LogP contribution in [0.15, 0.2) is 23.5 Å². The summed E-state index contributed by atoms with van der Waals surface area (Å²) < 4.78 is 0. The Morgan fingerprint density at radius 2 is 2.42 bits per heavy atom. The first-order chi connectivity index (χ1) is 9.15. The number of benzene rings is 1. The van der Waals surface area contributed by atoms with Gasteiger partial charge < -0.3 is 10.1 Å². The van der Waals surface area contributed by atoms with E-state index in [1.165, 1.54) is 24.2 Å². The molecule has 0 aliphatic carbocycles. The van der Waals surface area contributed by atoms with Crippen molar-refractivity contribution in [2.75, 3.05) is 6.26 Å². The molecule has 0 saturated heterocycles. The zero-order valence-corrected chi connectivity index (χ0v) is 10.7. The Morgan fingerprint density at radius 3 is 3.05 bits per heavy atom. The number of hydrogen-bond donors (Lipinski definition) is 3. The van der Waals surface area contributed by atoms with Gasteiger partial charge >= 0.3 is 5.97 Å². The van der Waals surface area contributed by atoms with Gasteiger partial charge in [-0.15, -0.1) is 0 Å². The number of amidine groups is 1. The fraction of sp³-hybridized carbons (Fsp3) is 0.0909. The molecular formula is C11H9N5O2S. The molecule has 0 fully saturated rings. The number of carboxylic acids is 1. The fourth-order valence-corrected chi connectivity index (χ4v) is 1.85. The monoisotopic (exact) mass is 275 g/mol. The van der Waals surface area contributed by atoms with Gasteiger partial charge in [0.25, 0.3) is 0 Å². The van der Waals surface area contributed by atoms with E-state index in [0.29, 0.717) is 16.2 Å². The summed E-state index contributed by atoms with van der Waals surface area (Å²) in [5.41, 5.74) is 1.53. The van der Waals surface area contributed by atoms with Crippen molar-refractivity contribution < 1.29 is 9.90 Å². The number of aliphatic imine (C=N–C) groups is 1. The topological polar surface area (TPSA) is 114 Å². The normalized spacial score (nSPS) is 11.3. The predicted octanol–water partition coefficient (Wildman–Crippen LogP) is 1.68. The number of aromatic amines is 1. The van der Waals surface area contributed by atoms with Crippen molar-refractivity contribution in [1.82, 2.24) is 15.3 Å². The zero-order valence-electron chi connectivity index (χ0n) is 9.84. The minimum atomic E-state index is -1.09. The van der Waals surface area contributed by atoms with Crippen molar-refractivity contribution in [3.63, 3.8) is 0 Å². The quantitative estimate of drug-likeness (QED) is 0.332. The lowest BCUT2D eigenvalue weighted by Gasteiger charge is -2.03. The molecule has 0 atom stereocenters. The lowest BCUT2D eigenvalue weighted by Crippen LogP contribution is -2.12. The smallest absolute Gasteiger partial charge is 0.337 e. The van der Waals surface area contributed by atoms with Crippen LogP contribution in [0.5, 0.6) is 0 Å². The van der Waals surface area contributed by atoms with Gasteiger partial charge in [-0.25, -0.2) is 14.8 Å². The maximum Gasteiger partial charge on any atom is 0.337 e. The van der Waals surface area contributed by atoms with Crippen LogP contribution in [-0.2, 0) is 0 Å². The number of imidazole rings is 1. The Balaban J connectivity index is 2.59.